The molecular formula is C12H19F3N2O3. The van der Waals surface area contributed by atoms with E-state index >= 15 is 0 Å². The van der Waals surface area contributed by atoms with Gasteiger partial charge in [-0.3, -0.25) is 4.79 Å². The number of aliphatic carboxylic acids is 1. The number of nitrogens with one attached hydrogen (secondary N) is 1. The number of hydrogen-bond acceptors (Lipinski definition) is 2. The van der Waals surface area contributed by atoms with Gasteiger partial charge in [-0.25, -0.2) is 4.79 Å². The number of likely N-dealkylation sites (tertiary alicyclic amines) is 1. The van der Waals surface area contributed by atoms with E-state index in [4.69, 9.17) is 5.11 Å². The summed E-state index contributed by atoms with van der Waals surface area (Å²) in [5, 5.41) is 11.5. The lowest BCUT2D eigenvalue weighted by molar-refractivity contribution is -0.142. The van der Waals surface area contributed by atoms with Gasteiger partial charge >= 0.3 is 18.2 Å². The number of alkyl halides is 3. The van der Waals surface area contributed by atoms with Crippen LogP contribution in [0.25, 0.3) is 0 Å². The average molecular weight is 296 g/mol. The van der Waals surface area contributed by atoms with E-state index in [9.17, 15) is 22.8 Å². The summed E-state index contributed by atoms with van der Waals surface area (Å²) in [6.45, 7) is 2.42. The quantitative estimate of drug-likeness (QED) is 0.763. The molecule has 0 spiro atoms. The van der Waals surface area contributed by atoms with Crippen molar-refractivity contribution in [3.8, 4) is 0 Å². The zero-order chi connectivity index (χ0) is 15.3. The number of hydrogen-bond donors (Lipinski definition) is 2. The molecule has 0 aromatic rings. The first-order valence-corrected chi connectivity index (χ1v) is 6.53. The van der Waals surface area contributed by atoms with Crippen molar-refractivity contribution >= 4 is 12.0 Å². The molecule has 20 heavy (non-hydrogen) atoms. The Labute approximate surface area is 115 Å². The summed E-state index contributed by atoms with van der Waals surface area (Å²) >= 11 is 0. The SMILES string of the molecule is CC1CN(C(=O)NCCCCC(F)(F)F)CC1C(=O)O. The van der Waals surface area contributed by atoms with Crippen LogP contribution < -0.4 is 5.32 Å². The minimum absolute atomic E-state index is 0.0298. The van der Waals surface area contributed by atoms with Crippen LogP contribution in [0.4, 0.5) is 18.0 Å². The summed E-state index contributed by atoms with van der Waals surface area (Å²) in [5.41, 5.74) is 0. The standard InChI is InChI=1S/C12H19F3N2O3/c1-8-6-17(7-9(8)10(18)19)11(20)16-5-3-2-4-12(13,14)15/h8-9H,2-7H2,1H3,(H,16,20)(H,18,19). The van der Waals surface area contributed by atoms with Crippen molar-refractivity contribution in [2.45, 2.75) is 32.4 Å². The van der Waals surface area contributed by atoms with Gasteiger partial charge in [-0.1, -0.05) is 6.92 Å². The van der Waals surface area contributed by atoms with Crippen LogP contribution in [-0.4, -0.2) is 47.8 Å². The van der Waals surface area contributed by atoms with Crippen molar-refractivity contribution in [1.29, 1.82) is 0 Å². The van der Waals surface area contributed by atoms with Crippen LogP contribution in [0.3, 0.4) is 0 Å². The first-order chi connectivity index (χ1) is 9.20. The van der Waals surface area contributed by atoms with Crippen molar-refractivity contribution in [1.82, 2.24) is 10.2 Å². The highest BCUT2D eigenvalue weighted by atomic mass is 19.4. The minimum atomic E-state index is -4.16. The van der Waals surface area contributed by atoms with E-state index in [2.05, 4.69) is 5.32 Å². The van der Waals surface area contributed by atoms with Gasteiger partial charge in [-0.2, -0.15) is 13.2 Å². The molecule has 0 bridgehead atoms. The van der Waals surface area contributed by atoms with E-state index in [0.717, 1.165) is 0 Å². The second-order valence-electron chi connectivity index (χ2n) is 5.13. The summed E-state index contributed by atoms with van der Waals surface area (Å²) in [6, 6.07) is -0.410. The maximum atomic E-state index is 11.9. The predicted octanol–water partition coefficient (Wildman–Crippen LogP) is 2.08. The normalized spacial score (nSPS) is 22.9. The Bertz CT molecular complexity index is 360. The van der Waals surface area contributed by atoms with Crippen molar-refractivity contribution in [2.24, 2.45) is 11.8 Å². The molecule has 0 aromatic heterocycles. The highest BCUT2D eigenvalue weighted by Crippen LogP contribution is 2.23. The summed E-state index contributed by atoms with van der Waals surface area (Å²) < 4.78 is 35.7. The third-order valence-electron chi connectivity index (χ3n) is 3.38. The Morgan fingerprint density at radius 3 is 2.45 bits per heavy atom. The van der Waals surface area contributed by atoms with Gasteiger partial charge in [0.15, 0.2) is 0 Å². The van der Waals surface area contributed by atoms with Crippen LogP contribution in [0.15, 0.2) is 0 Å². The largest absolute Gasteiger partial charge is 0.481 e. The molecule has 2 N–H and O–H groups in total. The van der Waals surface area contributed by atoms with E-state index in [0.29, 0.717) is 6.54 Å². The summed E-state index contributed by atoms with van der Waals surface area (Å²) in [5.74, 6) is -1.63. The summed E-state index contributed by atoms with van der Waals surface area (Å²) in [6.07, 6.45) is -4.80. The lowest BCUT2D eigenvalue weighted by Crippen LogP contribution is -2.39. The Morgan fingerprint density at radius 1 is 1.30 bits per heavy atom. The molecule has 1 heterocycles. The molecule has 1 saturated heterocycles. The van der Waals surface area contributed by atoms with E-state index < -0.39 is 30.5 Å². The second kappa shape index (κ2) is 6.81. The molecule has 116 valence electrons. The number of carboxylic acid groups (broad SMARTS) is 1. The van der Waals surface area contributed by atoms with E-state index in [-0.39, 0.29) is 31.8 Å². The molecule has 0 aliphatic carbocycles. The van der Waals surface area contributed by atoms with E-state index in [1.165, 1.54) is 4.90 Å². The molecular weight excluding hydrogens is 277 g/mol. The number of carbonyl (C=O) groups excluding carboxylic acids is 1. The van der Waals surface area contributed by atoms with E-state index in [1.807, 2.05) is 0 Å². The summed E-state index contributed by atoms with van der Waals surface area (Å²) in [7, 11) is 0. The van der Waals surface area contributed by atoms with Crippen molar-refractivity contribution < 1.29 is 27.9 Å². The monoisotopic (exact) mass is 296 g/mol. The Balaban J connectivity index is 2.22. The number of nitrogens with zero attached hydrogens (tertiary/aromatic N) is 1. The van der Waals surface area contributed by atoms with Gasteiger partial charge in [-0.15, -0.1) is 0 Å². The molecule has 2 amide bonds. The Kier molecular flexibility index (Phi) is 5.64. The topological polar surface area (TPSA) is 69.6 Å². The van der Waals surface area contributed by atoms with Crippen LogP contribution in [0.5, 0.6) is 0 Å². The number of rotatable bonds is 5. The maximum Gasteiger partial charge on any atom is 0.389 e. The smallest absolute Gasteiger partial charge is 0.389 e. The fourth-order valence-corrected chi connectivity index (χ4v) is 2.21. The Hall–Kier alpha value is -1.47. The minimum Gasteiger partial charge on any atom is -0.481 e. The first-order valence-electron chi connectivity index (χ1n) is 6.53. The van der Waals surface area contributed by atoms with Crippen molar-refractivity contribution in [3.63, 3.8) is 0 Å². The maximum absolute atomic E-state index is 11.9. The third-order valence-corrected chi connectivity index (χ3v) is 3.38. The van der Waals surface area contributed by atoms with Gasteiger partial charge in [0.05, 0.1) is 5.92 Å². The molecule has 0 radical (unpaired) electrons. The fourth-order valence-electron chi connectivity index (χ4n) is 2.21. The molecule has 0 saturated carbocycles. The number of amides is 2. The van der Waals surface area contributed by atoms with E-state index in [1.54, 1.807) is 6.92 Å². The molecule has 5 nitrogen and oxygen atoms in total. The molecule has 1 rings (SSSR count). The highest BCUT2D eigenvalue weighted by Gasteiger charge is 2.36. The van der Waals surface area contributed by atoms with Crippen molar-refractivity contribution in [2.75, 3.05) is 19.6 Å². The average Bonchev–Trinajstić information content (AvgIpc) is 2.69. The van der Waals surface area contributed by atoms with Crippen LogP contribution in [0.2, 0.25) is 0 Å². The van der Waals surface area contributed by atoms with Gasteiger partial charge in [-0.05, 0) is 18.8 Å². The fraction of sp³-hybridized carbons (Fsp3) is 0.833. The predicted molar refractivity (Wildman–Crippen MR) is 65.2 cm³/mol. The van der Waals surface area contributed by atoms with Crippen molar-refractivity contribution in [3.05, 3.63) is 0 Å². The van der Waals surface area contributed by atoms with Gasteiger partial charge in [0.1, 0.15) is 0 Å². The first kappa shape index (κ1) is 16.6. The lowest BCUT2D eigenvalue weighted by Gasteiger charge is -2.16. The lowest BCUT2D eigenvalue weighted by atomic mass is 9.99. The van der Waals surface area contributed by atoms with Gasteiger partial charge in [0, 0.05) is 26.1 Å². The van der Waals surface area contributed by atoms with Crippen LogP contribution in [-0.2, 0) is 4.79 Å². The van der Waals surface area contributed by atoms with Crippen LogP contribution in [0, 0.1) is 11.8 Å². The molecule has 1 aliphatic rings. The van der Waals surface area contributed by atoms with Gasteiger partial charge in [0.25, 0.3) is 0 Å². The van der Waals surface area contributed by atoms with Gasteiger partial charge in [0.2, 0.25) is 0 Å². The highest BCUT2D eigenvalue weighted by molar-refractivity contribution is 5.77. The number of halogens is 3. The zero-order valence-electron chi connectivity index (χ0n) is 11.2. The number of unbranched alkanes of at least 4 members (excludes halogenated alkanes) is 1. The molecule has 2 unspecified atom stereocenters. The molecule has 1 fully saturated rings. The summed E-state index contributed by atoms with van der Waals surface area (Å²) in [4.78, 5) is 24.0. The molecule has 0 aromatic carbocycles. The second-order valence-corrected chi connectivity index (χ2v) is 5.13. The molecule has 2 atom stereocenters. The third kappa shape index (κ3) is 5.26. The number of carboxylic acids is 1. The van der Waals surface area contributed by atoms with Gasteiger partial charge < -0.3 is 15.3 Å². The van der Waals surface area contributed by atoms with Crippen LogP contribution >= 0.6 is 0 Å². The molecule has 8 heteroatoms. The Morgan fingerprint density at radius 2 is 1.95 bits per heavy atom. The number of urea groups is 1. The molecule has 1 aliphatic heterocycles. The zero-order valence-corrected chi connectivity index (χ0v) is 11.2. The number of carbonyl (C=O) groups is 2. The van der Waals surface area contributed by atoms with Crippen LogP contribution in [0.1, 0.15) is 26.2 Å².